The van der Waals surface area contributed by atoms with Crippen LogP contribution in [-0.2, 0) is 0 Å². The number of nitrogens with zero attached hydrogens (tertiary/aromatic N) is 3. The molecule has 1 aliphatic carbocycles. The number of amides is 1. The van der Waals surface area contributed by atoms with Crippen LogP contribution in [0.2, 0.25) is 0 Å². The van der Waals surface area contributed by atoms with Crippen molar-refractivity contribution in [2.45, 2.75) is 75.8 Å². The van der Waals surface area contributed by atoms with Gasteiger partial charge < -0.3 is 10.6 Å². The van der Waals surface area contributed by atoms with Gasteiger partial charge in [-0.2, -0.15) is 5.10 Å². The standard InChI is InChI=1S/C21H35N5O.ClH/c27-20(19-9-15-26(24-19)18-8-7-12-22-16-18)23-17-21(10-3-1-4-11-21)25-13-5-2-6-14-25;/h9,15,18,22H,1-8,10-14,16-17H2,(H,23,27);1H. The van der Waals surface area contributed by atoms with Crippen LogP contribution in [0.4, 0.5) is 0 Å². The second-order valence-electron chi connectivity index (χ2n) is 8.70. The highest BCUT2D eigenvalue weighted by atomic mass is 35.5. The molecule has 4 rings (SSSR count). The second-order valence-corrected chi connectivity index (χ2v) is 8.70. The molecule has 0 radical (unpaired) electrons. The van der Waals surface area contributed by atoms with Crippen LogP contribution in [0.25, 0.3) is 0 Å². The van der Waals surface area contributed by atoms with Crippen LogP contribution in [0.1, 0.15) is 80.7 Å². The molecule has 3 fully saturated rings. The number of piperidine rings is 2. The van der Waals surface area contributed by atoms with E-state index >= 15 is 0 Å². The fourth-order valence-corrected chi connectivity index (χ4v) is 5.24. The summed E-state index contributed by atoms with van der Waals surface area (Å²) in [6.45, 7) is 5.19. The Labute approximate surface area is 175 Å². The van der Waals surface area contributed by atoms with Crippen LogP contribution in [0.15, 0.2) is 12.3 Å². The maximum atomic E-state index is 12.8. The molecular formula is C21H36ClN5O. The van der Waals surface area contributed by atoms with Gasteiger partial charge in [-0.25, -0.2) is 0 Å². The van der Waals surface area contributed by atoms with Crippen molar-refractivity contribution in [3.63, 3.8) is 0 Å². The number of carbonyl (C=O) groups is 1. The minimum Gasteiger partial charge on any atom is -0.349 e. The molecule has 1 saturated carbocycles. The first-order valence-corrected chi connectivity index (χ1v) is 11.1. The lowest BCUT2D eigenvalue weighted by Gasteiger charge is -2.48. The quantitative estimate of drug-likeness (QED) is 0.784. The predicted molar refractivity (Wildman–Crippen MR) is 114 cm³/mol. The lowest BCUT2D eigenvalue weighted by molar-refractivity contribution is 0.0326. The Balaban J connectivity index is 0.00000225. The van der Waals surface area contributed by atoms with E-state index in [0.717, 1.165) is 26.1 Å². The summed E-state index contributed by atoms with van der Waals surface area (Å²) in [5.41, 5.74) is 0.731. The minimum absolute atomic E-state index is 0. The Kier molecular flexibility index (Phi) is 7.77. The predicted octanol–water partition coefficient (Wildman–Crippen LogP) is 3.15. The van der Waals surface area contributed by atoms with Crippen molar-refractivity contribution in [3.8, 4) is 0 Å². The fraction of sp³-hybridized carbons (Fsp3) is 0.810. The monoisotopic (exact) mass is 409 g/mol. The summed E-state index contributed by atoms with van der Waals surface area (Å²) in [5.74, 6) is -0.0144. The molecule has 28 heavy (non-hydrogen) atoms. The second kappa shape index (κ2) is 10.1. The molecule has 3 aliphatic rings. The first-order chi connectivity index (χ1) is 13.3. The van der Waals surface area contributed by atoms with Crippen LogP contribution in [0, 0.1) is 0 Å². The van der Waals surface area contributed by atoms with Gasteiger partial charge >= 0.3 is 0 Å². The smallest absolute Gasteiger partial charge is 0.271 e. The maximum absolute atomic E-state index is 12.8. The molecule has 0 aromatic carbocycles. The van der Waals surface area contributed by atoms with Gasteiger partial charge in [0.1, 0.15) is 5.69 Å². The maximum Gasteiger partial charge on any atom is 0.271 e. The summed E-state index contributed by atoms with van der Waals surface area (Å²) in [6, 6.07) is 2.25. The zero-order valence-electron chi connectivity index (χ0n) is 17.0. The number of rotatable bonds is 5. The van der Waals surface area contributed by atoms with Crippen molar-refractivity contribution in [1.82, 2.24) is 25.3 Å². The number of aromatic nitrogens is 2. The van der Waals surface area contributed by atoms with Crippen molar-refractivity contribution < 1.29 is 4.79 Å². The molecule has 1 aromatic heterocycles. The highest BCUT2D eigenvalue weighted by Gasteiger charge is 2.38. The molecule has 7 heteroatoms. The number of hydrogen-bond acceptors (Lipinski definition) is 4. The Morgan fingerprint density at radius 3 is 2.61 bits per heavy atom. The van der Waals surface area contributed by atoms with E-state index in [4.69, 9.17) is 0 Å². The number of halogens is 1. The van der Waals surface area contributed by atoms with Gasteiger partial charge in [0, 0.05) is 24.8 Å². The third-order valence-electron chi connectivity index (χ3n) is 6.88. The van der Waals surface area contributed by atoms with E-state index in [0.29, 0.717) is 11.7 Å². The zero-order chi connectivity index (χ0) is 18.5. The third-order valence-corrected chi connectivity index (χ3v) is 6.88. The third kappa shape index (κ3) is 4.89. The Hall–Kier alpha value is -1.11. The van der Waals surface area contributed by atoms with Crippen LogP contribution in [0.5, 0.6) is 0 Å². The number of carbonyl (C=O) groups excluding carboxylic acids is 1. The summed E-state index contributed by atoms with van der Waals surface area (Å²) in [6.07, 6.45) is 14.6. The van der Waals surface area contributed by atoms with Gasteiger partial charge in [-0.05, 0) is 64.2 Å². The van der Waals surface area contributed by atoms with Crippen LogP contribution < -0.4 is 10.6 Å². The van der Waals surface area contributed by atoms with Gasteiger partial charge in [0.2, 0.25) is 0 Å². The van der Waals surface area contributed by atoms with Gasteiger partial charge in [-0.15, -0.1) is 12.4 Å². The molecule has 2 saturated heterocycles. The Morgan fingerprint density at radius 2 is 1.89 bits per heavy atom. The number of likely N-dealkylation sites (tertiary alicyclic amines) is 1. The Bertz CT molecular complexity index is 616. The molecular weight excluding hydrogens is 374 g/mol. The summed E-state index contributed by atoms with van der Waals surface area (Å²) >= 11 is 0. The number of nitrogens with one attached hydrogen (secondary N) is 2. The molecule has 0 bridgehead atoms. The molecule has 6 nitrogen and oxygen atoms in total. The van der Waals surface area contributed by atoms with E-state index in [9.17, 15) is 4.79 Å². The first-order valence-electron chi connectivity index (χ1n) is 11.1. The highest BCUT2D eigenvalue weighted by molar-refractivity contribution is 5.92. The lowest BCUT2D eigenvalue weighted by atomic mass is 9.79. The van der Waals surface area contributed by atoms with E-state index in [1.54, 1.807) is 0 Å². The molecule has 1 atom stereocenters. The Morgan fingerprint density at radius 1 is 1.14 bits per heavy atom. The molecule has 1 aromatic rings. The molecule has 0 spiro atoms. The van der Waals surface area contributed by atoms with Gasteiger partial charge in [-0.1, -0.05) is 25.7 Å². The van der Waals surface area contributed by atoms with Crippen molar-refractivity contribution in [1.29, 1.82) is 0 Å². The summed E-state index contributed by atoms with van der Waals surface area (Å²) in [4.78, 5) is 15.5. The van der Waals surface area contributed by atoms with Crippen LogP contribution >= 0.6 is 12.4 Å². The van der Waals surface area contributed by atoms with Gasteiger partial charge in [0.25, 0.3) is 5.91 Å². The molecule has 2 aliphatic heterocycles. The van der Waals surface area contributed by atoms with Crippen molar-refractivity contribution in [2.24, 2.45) is 0 Å². The first kappa shape index (κ1) is 21.6. The lowest BCUT2D eigenvalue weighted by Crippen LogP contribution is -2.58. The molecule has 2 N–H and O–H groups in total. The summed E-state index contributed by atoms with van der Waals surface area (Å²) in [7, 11) is 0. The average Bonchev–Trinajstić information content (AvgIpc) is 3.24. The van der Waals surface area contributed by atoms with E-state index in [2.05, 4.69) is 20.6 Å². The zero-order valence-corrected chi connectivity index (χ0v) is 17.8. The minimum atomic E-state index is -0.0144. The summed E-state index contributed by atoms with van der Waals surface area (Å²) < 4.78 is 1.97. The van der Waals surface area contributed by atoms with Gasteiger partial charge in [0.05, 0.1) is 6.04 Å². The molecule has 3 heterocycles. The largest absolute Gasteiger partial charge is 0.349 e. The van der Waals surface area contributed by atoms with Gasteiger partial charge in [0.15, 0.2) is 0 Å². The average molecular weight is 410 g/mol. The fourth-order valence-electron chi connectivity index (χ4n) is 5.24. The normalized spacial score (nSPS) is 25.6. The van der Waals surface area contributed by atoms with Crippen molar-refractivity contribution in [3.05, 3.63) is 18.0 Å². The molecule has 1 amide bonds. The molecule has 158 valence electrons. The van der Waals surface area contributed by atoms with E-state index < -0.39 is 0 Å². The van der Waals surface area contributed by atoms with Crippen molar-refractivity contribution >= 4 is 18.3 Å². The van der Waals surface area contributed by atoms with E-state index in [1.807, 2.05) is 16.9 Å². The SMILES string of the molecule is Cl.O=C(NCC1(N2CCCCC2)CCCCC1)c1ccn(C2CCCNC2)n1. The van der Waals surface area contributed by atoms with E-state index in [-0.39, 0.29) is 23.9 Å². The molecule has 1 unspecified atom stereocenters. The van der Waals surface area contributed by atoms with E-state index in [1.165, 1.54) is 70.9 Å². The number of hydrogen-bond donors (Lipinski definition) is 2. The van der Waals surface area contributed by atoms with Crippen molar-refractivity contribution in [2.75, 3.05) is 32.7 Å². The highest BCUT2D eigenvalue weighted by Crippen LogP contribution is 2.35. The topological polar surface area (TPSA) is 62.2 Å². The van der Waals surface area contributed by atoms with Crippen LogP contribution in [-0.4, -0.2) is 58.9 Å². The summed E-state index contributed by atoms with van der Waals surface area (Å²) in [5, 5.41) is 11.2. The van der Waals surface area contributed by atoms with Crippen LogP contribution in [0.3, 0.4) is 0 Å². The van der Waals surface area contributed by atoms with Gasteiger partial charge in [-0.3, -0.25) is 14.4 Å².